The Kier molecular flexibility index (Phi) is 2.31. The number of nitrogen functional groups attached to an aromatic ring is 1. The monoisotopic (exact) mass is 234 g/mol. The molecular formula is C10H14N6O. The quantitative estimate of drug-likeness (QED) is 0.837. The van der Waals surface area contributed by atoms with Gasteiger partial charge in [-0.3, -0.25) is 0 Å². The molecule has 1 saturated carbocycles. The molecule has 0 bridgehead atoms. The van der Waals surface area contributed by atoms with E-state index in [1.54, 1.807) is 4.68 Å². The summed E-state index contributed by atoms with van der Waals surface area (Å²) in [6, 6.07) is 0. The lowest BCUT2D eigenvalue weighted by atomic mass is 10.3. The molecule has 1 fully saturated rings. The van der Waals surface area contributed by atoms with Crippen molar-refractivity contribution in [3.8, 4) is 0 Å². The van der Waals surface area contributed by atoms with E-state index in [0.717, 1.165) is 25.0 Å². The highest BCUT2D eigenvalue weighted by molar-refractivity contribution is 5.38. The van der Waals surface area contributed by atoms with E-state index >= 15 is 0 Å². The molecule has 0 radical (unpaired) electrons. The first kappa shape index (κ1) is 10.2. The van der Waals surface area contributed by atoms with E-state index in [-0.39, 0.29) is 0 Å². The summed E-state index contributed by atoms with van der Waals surface area (Å²) in [5.41, 5.74) is 6.82. The van der Waals surface area contributed by atoms with E-state index in [0.29, 0.717) is 30.0 Å². The number of hydrogen-bond acceptors (Lipinski definition) is 6. The van der Waals surface area contributed by atoms with Crippen LogP contribution in [0.4, 0.5) is 5.82 Å². The molecular weight excluding hydrogens is 220 g/mol. The summed E-state index contributed by atoms with van der Waals surface area (Å²) in [6.45, 7) is 2.44. The summed E-state index contributed by atoms with van der Waals surface area (Å²) >= 11 is 0. The molecule has 3 rings (SSSR count). The van der Waals surface area contributed by atoms with E-state index in [1.807, 2.05) is 6.92 Å². The van der Waals surface area contributed by atoms with Gasteiger partial charge < -0.3 is 10.3 Å². The fourth-order valence-corrected chi connectivity index (χ4v) is 1.86. The molecule has 0 aliphatic heterocycles. The van der Waals surface area contributed by atoms with Crippen molar-refractivity contribution in [1.29, 1.82) is 0 Å². The molecule has 7 heteroatoms. The molecule has 0 unspecified atom stereocenters. The molecule has 2 aromatic heterocycles. The van der Waals surface area contributed by atoms with Gasteiger partial charge in [0.25, 0.3) is 0 Å². The molecule has 90 valence electrons. The van der Waals surface area contributed by atoms with Crippen LogP contribution in [-0.2, 0) is 13.0 Å². The molecule has 0 saturated heterocycles. The highest BCUT2D eigenvalue weighted by atomic mass is 16.5. The van der Waals surface area contributed by atoms with Gasteiger partial charge in [-0.2, -0.15) is 4.98 Å². The van der Waals surface area contributed by atoms with Crippen LogP contribution in [0.2, 0.25) is 0 Å². The molecule has 0 amide bonds. The van der Waals surface area contributed by atoms with Crippen LogP contribution >= 0.6 is 0 Å². The van der Waals surface area contributed by atoms with Gasteiger partial charge in [0, 0.05) is 12.3 Å². The normalized spacial score (nSPS) is 15.4. The van der Waals surface area contributed by atoms with Crippen molar-refractivity contribution < 1.29 is 4.52 Å². The van der Waals surface area contributed by atoms with Crippen molar-refractivity contribution in [2.45, 2.75) is 38.6 Å². The maximum atomic E-state index is 5.81. The number of anilines is 1. The third-order valence-electron chi connectivity index (χ3n) is 2.87. The molecule has 2 heterocycles. The summed E-state index contributed by atoms with van der Waals surface area (Å²) in [6.07, 6.45) is 3.05. The van der Waals surface area contributed by atoms with Gasteiger partial charge in [-0.15, -0.1) is 5.10 Å². The predicted octanol–water partition coefficient (Wildman–Crippen LogP) is 0.731. The minimum Gasteiger partial charge on any atom is -0.381 e. The van der Waals surface area contributed by atoms with Crippen LogP contribution in [0.3, 0.4) is 0 Å². The van der Waals surface area contributed by atoms with E-state index in [1.165, 1.54) is 0 Å². The largest absolute Gasteiger partial charge is 0.381 e. The Balaban J connectivity index is 1.84. The number of aryl methyl sites for hydroxylation is 1. The molecule has 1 aliphatic rings. The zero-order valence-corrected chi connectivity index (χ0v) is 9.63. The second kappa shape index (κ2) is 3.83. The summed E-state index contributed by atoms with van der Waals surface area (Å²) < 4.78 is 6.83. The first-order chi connectivity index (χ1) is 8.28. The van der Waals surface area contributed by atoms with Gasteiger partial charge in [-0.1, -0.05) is 17.3 Å². The minimum atomic E-state index is 0.472. The maximum absolute atomic E-state index is 5.81. The molecule has 0 atom stereocenters. The van der Waals surface area contributed by atoms with Gasteiger partial charge in [-0.25, -0.2) is 4.68 Å². The molecule has 1 aliphatic carbocycles. The van der Waals surface area contributed by atoms with Crippen molar-refractivity contribution in [2.24, 2.45) is 0 Å². The topological polar surface area (TPSA) is 95.7 Å². The zero-order chi connectivity index (χ0) is 11.8. The van der Waals surface area contributed by atoms with Gasteiger partial charge in [0.1, 0.15) is 6.54 Å². The maximum Gasteiger partial charge on any atom is 0.226 e. The first-order valence-corrected chi connectivity index (χ1v) is 5.78. The van der Waals surface area contributed by atoms with Gasteiger partial charge in [0.2, 0.25) is 5.89 Å². The second-order valence-electron chi connectivity index (χ2n) is 4.25. The molecule has 2 N–H and O–H groups in total. The van der Waals surface area contributed by atoms with E-state index in [4.69, 9.17) is 10.3 Å². The molecule has 0 aromatic carbocycles. The van der Waals surface area contributed by atoms with Gasteiger partial charge in [0.15, 0.2) is 11.6 Å². The Morgan fingerprint density at radius 1 is 1.47 bits per heavy atom. The smallest absolute Gasteiger partial charge is 0.226 e. The highest BCUT2D eigenvalue weighted by Gasteiger charge is 2.30. The van der Waals surface area contributed by atoms with Gasteiger partial charge in [0.05, 0.1) is 5.69 Å². The summed E-state index contributed by atoms with van der Waals surface area (Å²) in [5, 5.41) is 11.8. The van der Waals surface area contributed by atoms with Crippen molar-refractivity contribution in [3.05, 3.63) is 17.4 Å². The molecule has 17 heavy (non-hydrogen) atoms. The van der Waals surface area contributed by atoms with Gasteiger partial charge >= 0.3 is 0 Å². The summed E-state index contributed by atoms with van der Waals surface area (Å²) in [4.78, 5) is 4.25. The number of hydrogen-bond donors (Lipinski definition) is 1. The molecule has 2 aromatic rings. The van der Waals surface area contributed by atoms with Crippen molar-refractivity contribution in [3.63, 3.8) is 0 Å². The first-order valence-electron chi connectivity index (χ1n) is 5.78. The Hall–Kier alpha value is -1.92. The van der Waals surface area contributed by atoms with E-state index in [2.05, 4.69) is 20.5 Å². The van der Waals surface area contributed by atoms with Crippen LogP contribution < -0.4 is 5.73 Å². The lowest BCUT2D eigenvalue weighted by Gasteiger charge is -2.01. The third-order valence-corrected chi connectivity index (χ3v) is 2.87. The number of aromatic nitrogens is 5. The number of nitrogens with zero attached hydrogens (tertiary/aromatic N) is 5. The SMILES string of the molecule is CCc1nc(Cn2nnc(N)c2C2CC2)no1. The lowest BCUT2D eigenvalue weighted by molar-refractivity contribution is 0.374. The molecule has 7 nitrogen and oxygen atoms in total. The standard InChI is InChI=1S/C10H14N6O/c1-2-8-12-7(14-17-8)5-16-9(6-3-4-6)10(11)13-15-16/h6H,2-5,11H2,1H3. The van der Waals surface area contributed by atoms with Crippen LogP contribution in [0.5, 0.6) is 0 Å². The highest BCUT2D eigenvalue weighted by Crippen LogP contribution is 2.41. The van der Waals surface area contributed by atoms with Crippen molar-refractivity contribution in [1.82, 2.24) is 25.1 Å². The Morgan fingerprint density at radius 2 is 2.29 bits per heavy atom. The predicted molar refractivity (Wildman–Crippen MR) is 59.2 cm³/mol. The second-order valence-corrected chi connectivity index (χ2v) is 4.25. The van der Waals surface area contributed by atoms with Crippen LogP contribution in [0.1, 0.15) is 43.1 Å². The Labute approximate surface area is 98.0 Å². The third kappa shape index (κ3) is 1.88. The summed E-state index contributed by atoms with van der Waals surface area (Å²) in [7, 11) is 0. The van der Waals surface area contributed by atoms with Crippen LogP contribution in [-0.4, -0.2) is 25.1 Å². The zero-order valence-electron chi connectivity index (χ0n) is 9.63. The lowest BCUT2D eigenvalue weighted by Crippen LogP contribution is -2.08. The van der Waals surface area contributed by atoms with Crippen LogP contribution in [0.15, 0.2) is 4.52 Å². The van der Waals surface area contributed by atoms with E-state index < -0.39 is 0 Å². The average molecular weight is 234 g/mol. The Bertz CT molecular complexity index is 527. The fourth-order valence-electron chi connectivity index (χ4n) is 1.86. The Morgan fingerprint density at radius 3 is 2.94 bits per heavy atom. The number of nitrogens with two attached hydrogens (primary N) is 1. The molecule has 0 spiro atoms. The summed E-state index contributed by atoms with van der Waals surface area (Å²) in [5.74, 6) is 2.28. The minimum absolute atomic E-state index is 0.472. The average Bonchev–Trinajstić information content (AvgIpc) is 2.94. The van der Waals surface area contributed by atoms with Gasteiger partial charge in [-0.05, 0) is 12.8 Å². The van der Waals surface area contributed by atoms with E-state index in [9.17, 15) is 0 Å². The fraction of sp³-hybridized carbons (Fsp3) is 0.600. The van der Waals surface area contributed by atoms with Crippen molar-refractivity contribution >= 4 is 5.82 Å². The number of rotatable bonds is 4. The van der Waals surface area contributed by atoms with Crippen molar-refractivity contribution in [2.75, 3.05) is 5.73 Å². The van der Waals surface area contributed by atoms with Crippen LogP contribution in [0, 0.1) is 0 Å². The van der Waals surface area contributed by atoms with Crippen LogP contribution in [0.25, 0.3) is 0 Å².